The van der Waals surface area contributed by atoms with Crippen molar-refractivity contribution in [1.29, 1.82) is 5.26 Å². The number of Topliss-reactive ketones (excluding diaryl/α,β-unsaturated/α-hetero) is 1. The first-order valence-electron chi connectivity index (χ1n) is 7.39. The van der Waals surface area contributed by atoms with E-state index in [0.717, 1.165) is 24.4 Å². The molecule has 1 aromatic heterocycles. The highest BCUT2D eigenvalue weighted by molar-refractivity contribution is 5.98. The van der Waals surface area contributed by atoms with Crippen LogP contribution in [0.3, 0.4) is 0 Å². The zero-order valence-electron chi connectivity index (χ0n) is 13.2. The molecule has 0 aliphatic carbocycles. The quantitative estimate of drug-likeness (QED) is 0.765. The van der Waals surface area contributed by atoms with Gasteiger partial charge in [0.15, 0.2) is 6.61 Å². The molecule has 2 aromatic rings. The molecule has 4 nitrogen and oxygen atoms in total. The predicted octanol–water partition coefficient (Wildman–Crippen LogP) is 3.65. The summed E-state index contributed by atoms with van der Waals surface area (Å²) in [6.45, 7) is 6.98. The Balaban J connectivity index is 2.09. The van der Waals surface area contributed by atoms with E-state index < -0.39 is 0 Å². The van der Waals surface area contributed by atoms with Crippen molar-refractivity contribution >= 4 is 5.78 Å². The monoisotopic (exact) mass is 296 g/mol. The first-order chi connectivity index (χ1) is 10.6. The molecule has 1 heterocycles. The second-order valence-electron chi connectivity index (χ2n) is 5.29. The number of hydrogen-bond donors (Lipinski definition) is 0. The van der Waals surface area contributed by atoms with Gasteiger partial charge in [0.1, 0.15) is 5.75 Å². The van der Waals surface area contributed by atoms with Crippen LogP contribution >= 0.6 is 0 Å². The molecule has 0 aliphatic rings. The van der Waals surface area contributed by atoms with Gasteiger partial charge in [-0.3, -0.25) is 4.79 Å². The van der Waals surface area contributed by atoms with Crippen LogP contribution in [0.2, 0.25) is 0 Å². The maximum absolute atomic E-state index is 12.4. The molecule has 4 heteroatoms. The highest BCUT2D eigenvalue weighted by atomic mass is 16.5. The number of benzene rings is 1. The van der Waals surface area contributed by atoms with Crippen molar-refractivity contribution in [3.8, 4) is 11.8 Å². The van der Waals surface area contributed by atoms with Gasteiger partial charge >= 0.3 is 0 Å². The van der Waals surface area contributed by atoms with Gasteiger partial charge in [-0.15, -0.1) is 0 Å². The number of carbonyl (C=O) groups excluding carboxylic acids is 1. The second-order valence-corrected chi connectivity index (χ2v) is 5.29. The van der Waals surface area contributed by atoms with E-state index in [9.17, 15) is 4.79 Å². The van der Waals surface area contributed by atoms with Crippen LogP contribution in [-0.2, 0) is 6.54 Å². The zero-order chi connectivity index (χ0) is 16.1. The molecule has 0 aliphatic heterocycles. The summed E-state index contributed by atoms with van der Waals surface area (Å²) in [6.07, 6.45) is 1.03. The number of aromatic nitrogens is 1. The Morgan fingerprint density at radius 1 is 1.32 bits per heavy atom. The molecule has 2 rings (SSSR count). The first kappa shape index (κ1) is 15.8. The standard InChI is InChI=1S/C18H20N2O2/c1-4-8-20-13(2)9-17(14(20)3)18(21)12-22-16-7-5-6-15(10-16)11-19/h5-7,9-10H,4,8,12H2,1-3H3. The van der Waals surface area contributed by atoms with Gasteiger partial charge in [0, 0.05) is 23.5 Å². The molecule has 0 radical (unpaired) electrons. The average molecular weight is 296 g/mol. The summed E-state index contributed by atoms with van der Waals surface area (Å²) in [5.74, 6) is 0.493. The molecule has 0 saturated heterocycles. The van der Waals surface area contributed by atoms with Crippen LogP contribution in [0, 0.1) is 25.2 Å². The number of rotatable bonds is 6. The number of hydrogen-bond acceptors (Lipinski definition) is 3. The number of carbonyl (C=O) groups is 1. The lowest BCUT2D eigenvalue weighted by atomic mass is 10.1. The molecule has 22 heavy (non-hydrogen) atoms. The minimum atomic E-state index is -0.0437. The summed E-state index contributed by atoms with van der Waals surface area (Å²) in [4.78, 5) is 12.4. The van der Waals surface area contributed by atoms with E-state index in [2.05, 4.69) is 17.6 Å². The van der Waals surface area contributed by atoms with Gasteiger partial charge in [0.05, 0.1) is 11.6 Å². The Hall–Kier alpha value is -2.54. The van der Waals surface area contributed by atoms with Crippen molar-refractivity contribution in [2.45, 2.75) is 33.7 Å². The summed E-state index contributed by atoms with van der Waals surface area (Å²) in [6, 6.07) is 10.8. The molecule has 0 N–H and O–H groups in total. The number of ketones is 1. The number of nitriles is 1. The molecule has 0 saturated carbocycles. The summed E-state index contributed by atoms with van der Waals surface area (Å²) in [5.41, 5.74) is 3.31. The van der Waals surface area contributed by atoms with Crippen LogP contribution in [-0.4, -0.2) is 17.0 Å². The van der Waals surface area contributed by atoms with Crippen LogP contribution in [0.1, 0.15) is 40.7 Å². The maximum Gasteiger partial charge on any atom is 0.202 e. The van der Waals surface area contributed by atoms with Crippen LogP contribution in [0.25, 0.3) is 0 Å². The fourth-order valence-corrected chi connectivity index (χ4v) is 2.53. The molecule has 0 fully saturated rings. The Morgan fingerprint density at radius 3 is 2.77 bits per heavy atom. The summed E-state index contributed by atoms with van der Waals surface area (Å²) >= 11 is 0. The lowest BCUT2D eigenvalue weighted by molar-refractivity contribution is 0.0920. The lowest BCUT2D eigenvalue weighted by Crippen LogP contribution is -2.13. The highest BCUT2D eigenvalue weighted by Gasteiger charge is 2.15. The third-order valence-electron chi connectivity index (χ3n) is 3.65. The van der Waals surface area contributed by atoms with Crippen LogP contribution in [0.15, 0.2) is 30.3 Å². The summed E-state index contributed by atoms with van der Waals surface area (Å²) in [7, 11) is 0. The van der Waals surface area contributed by atoms with E-state index in [1.165, 1.54) is 0 Å². The van der Waals surface area contributed by atoms with Crippen molar-refractivity contribution in [3.05, 3.63) is 52.8 Å². The van der Waals surface area contributed by atoms with Crippen molar-refractivity contribution < 1.29 is 9.53 Å². The summed E-state index contributed by atoms with van der Waals surface area (Å²) < 4.78 is 7.68. The second kappa shape index (κ2) is 6.95. The number of aryl methyl sites for hydroxylation is 1. The van der Waals surface area contributed by atoms with Crippen molar-refractivity contribution in [3.63, 3.8) is 0 Å². The first-order valence-corrected chi connectivity index (χ1v) is 7.39. The highest BCUT2D eigenvalue weighted by Crippen LogP contribution is 2.18. The Kier molecular flexibility index (Phi) is 5.00. The van der Waals surface area contributed by atoms with E-state index in [1.54, 1.807) is 24.3 Å². The van der Waals surface area contributed by atoms with Gasteiger partial charge in [0.2, 0.25) is 5.78 Å². The Labute approximate surface area is 130 Å². The van der Waals surface area contributed by atoms with Gasteiger partial charge in [-0.2, -0.15) is 5.26 Å². The molecular weight excluding hydrogens is 276 g/mol. The SMILES string of the molecule is CCCn1c(C)cc(C(=O)COc2cccc(C#N)c2)c1C. The minimum Gasteiger partial charge on any atom is -0.485 e. The molecular formula is C18H20N2O2. The lowest BCUT2D eigenvalue weighted by Gasteiger charge is -2.08. The summed E-state index contributed by atoms with van der Waals surface area (Å²) in [5, 5.41) is 8.86. The smallest absolute Gasteiger partial charge is 0.202 e. The minimum absolute atomic E-state index is 0.0225. The van der Waals surface area contributed by atoms with Crippen molar-refractivity contribution in [1.82, 2.24) is 4.57 Å². The Morgan fingerprint density at radius 2 is 2.09 bits per heavy atom. The molecule has 114 valence electrons. The van der Waals surface area contributed by atoms with Crippen LogP contribution < -0.4 is 4.74 Å². The van der Waals surface area contributed by atoms with Crippen molar-refractivity contribution in [2.24, 2.45) is 0 Å². The molecule has 0 amide bonds. The third-order valence-corrected chi connectivity index (χ3v) is 3.65. The van der Waals surface area contributed by atoms with E-state index in [0.29, 0.717) is 16.9 Å². The fraction of sp³-hybridized carbons (Fsp3) is 0.333. The van der Waals surface area contributed by atoms with E-state index in [-0.39, 0.29) is 12.4 Å². The van der Waals surface area contributed by atoms with Gasteiger partial charge in [-0.1, -0.05) is 13.0 Å². The van der Waals surface area contributed by atoms with Crippen LogP contribution in [0.4, 0.5) is 0 Å². The van der Waals surface area contributed by atoms with Crippen LogP contribution in [0.5, 0.6) is 5.75 Å². The van der Waals surface area contributed by atoms with E-state index in [4.69, 9.17) is 10.00 Å². The topological polar surface area (TPSA) is 55.0 Å². The zero-order valence-corrected chi connectivity index (χ0v) is 13.2. The fourth-order valence-electron chi connectivity index (χ4n) is 2.53. The Bertz CT molecular complexity index is 723. The largest absolute Gasteiger partial charge is 0.485 e. The normalized spacial score (nSPS) is 10.3. The third kappa shape index (κ3) is 3.37. The molecule has 0 bridgehead atoms. The molecule has 0 atom stereocenters. The predicted molar refractivity (Wildman–Crippen MR) is 85.2 cm³/mol. The van der Waals surface area contributed by atoms with Gasteiger partial charge < -0.3 is 9.30 Å². The molecule has 1 aromatic carbocycles. The number of ether oxygens (including phenoxy) is 1. The molecule has 0 unspecified atom stereocenters. The maximum atomic E-state index is 12.4. The van der Waals surface area contributed by atoms with Gasteiger partial charge in [-0.25, -0.2) is 0 Å². The van der Waals surface area contributed by atoms with Gasteiger partial charge in [-0.05, 0) is 44.5 Å². The average Bonchev–Trinajstić information content (AvgIpc) is 2.81. The molecule has 0 spiro atoms. The number of nitrogens with zero attached hydrogens (tertiary/aromatic N) is 2. The van der Waals surface area contributed by atoms with E-state index in [1.807, 2.05) is 19.9 Å². The van der Waals surface area contributed by atoms with Gasteiger partial charge in [0.25, 0.3) is 0 Å². The van der Waals surface area contributed by atoms with E-state index >= 15 is 0 Å². The van der Waals surface area contributed by atoms with Crippen molar-refractivity contribution in [2.75, 3.05) is 6.61 Å².